The fourth-order valence-electron chi connectivity index (χ4n) is 2.42. The number of piperidine rings is 1. The molecule has 1 aliphatic heterocycles. The van der Waals surface area contributed by atoms with Gasteiger partial charge < -0.3 is 10.0 Å². The van der Waals surface area contributed by atoms with Crippen LogP contribution in [0.3, 0.4) is 0 Å². The average Bonchev–Trinajstić information content (AvgIpc) is 3.02. The van der Waals surface area contributed by atoms with Crippen LogP contribution >= 0.6 is 0 Å². The Balaban J connectivity index is 1.98. The van der Waals surface area contributed by atoms with Gasteiger partial charge in [0, 0.05) is 12.5 Å². The average molecular weight is 207 g/mol. The molecule has 2 rings (SSSR count). The lowest BCUT2D eigenvalue weighted by Gasteiger charge is -2.38. The van der Waals surface area contributed by atoms with E-state index >= 15 is 0 Å². The van der Waals surface area contributed by atoms with Gasteiger partial charge in [0.05, 0.1) is 5.41 Å². The number of likely N-dealkylation sites (tertiary alicyclic amines) is 1. The van der Waals surface area contributed by atoms with Gasteiger partial charge in [-0.15, -0.1) is 12.3 Å². The number of carboxylic acids is 1. The topological polar surface area (TPSA) is 40.5 Å². The van der Waals surface area contributed by atoms with E-state index in [-0.39, 0.29) is 0 Å². The minimum atomic E-state index is -0.712. The Morgan fingerprint density at radius 2 is 2.07 bits per heavy atom. The number of hydrogen-bond donors (Lipinski definition) is 1. The minimum absolute atomic E-state index is 0.376. The van der Waals surface area contributed by atoms with Crippen molar-refractivity contribution in [2.45, 2.75) is 38.1 Å². The molecule has 0 aromatic carbocycles. The summed E-state index contributed by atoms with van der Waals surface area (Å²) in [5.74, 6) is 1.81. The van der Waals surface area contributed by atoms with E-state index in [4.69, 9.17) is 6.42 Å². The summed E-state index contributed by atoms with van der Waals surface area (Å²) in [6.45, 7) is 1.80. The van der Waals surface area contributed by atoms with Gasteiger partial charge in [-0.2, -0.15) is 0 Å². The first-order valence-electron chi connectivity index (χ1n) is 5.59. The summed E-state index contributed by atoms with van der Waals surface area (Å²) in [4.78, 5) is 13.7. The third-order valence-electron chi connectivity index (χ3n) is 3.71. The van der Waals surface area contributed by atoms with Crippen LogP contribution in [-0.2, 0) is 4.79 Å². The Morgan fingerprint density at radius 3 is 2.47 bits per heavy atom. The molecule has 0 aromatic heterocycles. The van der Waals surface area contributed by atoms with Gasteiger partial charge in [-0.25, -0.2) is 0 Å². The number of carboxylic acid groups (broad SMARTS) is 1. The van der Waals surface area contributed by atoms with Crippen molar-refractivity contribution in [3.63, 3.8) is 0 Å². The van der Waals surface area contributed by atoms with Gasteiger partial charge >= 0.3 is 5.97 Å². The first-order chi connectivity index (χ1) is 7.18. The number of terminal acetylenes is 1. The molecule has 1 aliphatic carbocycles. The maximum Gasteiger partial charge on any atom is 0.310 e. The maximum absolute atomic E-state index is 11.2. The number of carbonyl (C=O) groups is 1. The van der Waals surface area contributed by atoms with E-state index in [0.717, 1.165) is 19.1 Å². The molecule has 1 saturated heterocycles. The third-order valence-corrected chi connectivity index (χ3v) is 3.71. The van der Waals surface area contributed by atoms with Gasteiger partial charge in [0.2, 0.25) is 0 Å². The summed E-state index contributed by atoms with van der Waals surface area (Å²) in [5, 5.41) is 9.25. The van der Waals surface area contributed by atoms with E-state index in [2.05, 4.69) is 10.8 Å². The van der Waals surface area contributed by atoms with Crippen molar-refractivity contribution in [2.75, 3.05) is 13.1 Å². The number of aliphatic carboxylic acids is 1. The smallest absolute Gasteiger partial charge is 0.310 e. The standard InChI is InChI=1S/C12H17NO2/c1-2-5-12(11(14)15)6-8-13(9-7-12)10-3-4-10/h1,10H,3-9H2,(H,14,15). The molecule has 0 atom stereocenters. The van der Waals surface area contributed by atoms with Crippen LogP contribution in [-0.4, -0.2) is 35.1 Å². The van der Waals surface area contributed by atoms with E-state index in [1.807, 2.05) is 0 Å². The second-order valence-electron chi connectivity index (χ2n) is 4.73. The predicted octanol–water partition coefficient (Wildman–Crippen LogP) is 1.34. The van der Waals surface area contributed by atoms with Crippen molar-refractivity contribution in [2.24, 2.45) is 5.41 Å². The second-order valence-corrected chi connectivity index (χ2v) is 4.73. The van der Waals surface area contributed by atoms with Crippen LogP contribution in [0.25, 0.3) is 0 Å². The van der Waals surface area contributed by atoms with E-state index in [0.29, 0.717) is 19.3 Å². The summed E-state index contributed by atoms with van der Waals surface area (Å²) in [5.41, 5.74) is -0.639. The second kappa shape index (κ2) is 3.86. The predicted molar refractivity (Wildman–Crippen MR) is 57.3 cm³/mol. The van der Waals surface area contributed by atoms with Crippen molar-refractivity contribution in [1.82, 2.24) is 4.90 Å². The Hall–Kier alpha value is -1.01. The number of rotatable bonds is 3. The fraction of sp³-hybridized carbons (Fsp3) is 0.750. The first kappa shape index (κ1) is 10.5. The van der Waals surface area contributed by atoms with Crippen LogP contribution in [0.4, 0.5) is 0 Å². The summed E-state index contributed by atoms with van der Waals surface area (Å²) < 4.78 is 0. The summed E-state index contributed by atoms with van der Waals surface area (Å²) >= 11 is 0. The monoisotopic (exact) mass is 207 g/mol. The molecule has 2 fully saturated rings. The molecular weight excluding hydrogens is 190 g/mol. The van der Waals surface area contributed by atoms with Crippen LogP contribution in [0.5, 0.6) is 0 Å². The van der Waals surface area contributed by atoms with Crippen molar-refractivity contribution in [1.29, 1.82) is 0 Å². The van der Waals surface area contributed by atoms with Crippen molar-refractivity contribution in [3.05, 3.63) is 0 Å². The molecule has 1 N–H and O–H groups in total. The highest BCUT2D eigenvalue weighted by Gasteiger charge is 2.43. The molecule has 0 spiro atoms. The van der Waals surface area contributed by atoms with Crippen molar-refractivity contribution < 1.29 is 9.90 Å². The van der Waals surface area contributed by atoms with Gasteiger partial charge in [-0.1, -0.05) is 0 Å². The van der Waals surface area contributed by atoms with Crippen LogP contribution in [0.1, 0.15) is 32.1 Å². The molecule has 3 heteroatoms. The number of hydrogen-bond acceptors (Lipinski definition) is 2. The summed E-state index contributed by atoms with van der Waals surface area (Å²) in [6.07, 6.45) is 9.63. The molecule has 82 valence electrons. The molecule has 0 aromatic rings. The third kappa shape index (κ3) is 2.00. The molecular formula is C12H17NO2. The lowest BCUT2D eigenvalue weighted by Crippen LogP contribution is -2.45. The lowest BCUT2D eigenvalue weighted by atomic mass is 9.76. The molecule has 1 saturated carbocycles. The highest BCUT2D eigenvalue weighted by Crippen LogP contribution is 2.38. The molecule has 0 unspecified atom stereocenters. The van der Waals surface area contributed by atoms with E-state index in [1.165, 1.54) is 12.8 Å². The SMILES string of the molecule is C#CCC1(C(=O)O)CCN(C2CC2)CC1. The Labute approximate surface area is 90.5 Å². The Bertz CT molecular complexity index is 293. The highest BCUT2D eigenvalue weighted by atomic mass is 16.4. The zero-order valence-corrected chi connectivity index (χ0v) is 8.91. The normalized spacial score (nSPS) is 25.8. The van der Waals surface area contributed by atoms with Gasteiger partial charge in [0.25, 0.3) is 0 Å². The fourth-order valence-corrected chi connectivity index (χ4v) is 2.42. The Morgan fingerprint density at radius 1 is 1.47 bits per heavy atom. The molecule has 2 aliphatic rings. The summed E-state index contributed by atoms with van der Waals surface area (Å²) in [7, 11) is 0. The van der Waals surface area contributed by atoms with E-state index in [9.17, 15) is 9.90 Å². The highest BCUT2D eigenvalue weighted by molar-refractivity contribution is 5.75. The molecule has 0 amide bonds. The first-order valence-corrected chi connectivity index (χ1v) is 5.59. The van der Waals surface area contributed by atoms with Crippen LogP contribution in [0, 0.1) is 17.8 Å². The lowest BCUT2D eigenvalue weighted by molar-refractivity contribution is -0.151. The van der Waals surface area contributed by atoms with Crippen LogP contribution < -0.4 is 0 Å². The van der Waals surface area contributed by atoms with Gasteiger partial charge in [0.1, 0.15) is 0 Å². The molecule has 0 radical (unpaired) electrons. The summed E-state index contributed by atoms with van der Waals surface area (Å²) in [6, 6.07) is 0.739. The van der Waals surface area contributed by atoms with Crippen LogP contribution in [0.2, 0.25) is 0 Å². The zero-order chi connectivity index (χ0) is 10.9. The van der Waals surface area contributed by atoms with Crippen molar-refractivity contribution in [3.8, 4) is 12.3 Å². The number of nitrogens with zero attached hydrogens (tertiary/aromatic N) is 1. The molecule has 15 heavy (non-hydrogen) atoms. The molecule has 3 nitrogen and oxygen atoms in total. The van der Waals surface area contributed by atoms with Crippen LogP contribution in [0.15, 0.2) is 0 Å². The van der Waals surface area contributed by atoms with Gasteiger partial charge in [-0.3, -0.25) is 4.79 Å². The molecule has 1 heterocycles. The van der Waals surface area contributed by atoms with Gasteiger partial charge in [0.15, 0.2) is 0 Å². The quantitative estimate of drug-likeness (QED) is 0.710. The van der Waals surface area contributed by atoms with E-state index < -0.39 is 11.4 Å². The maximum atomic E-state index is 11.2. The minimum Gasteiger partial charge on any atom is -0.481 e. The van der Waals surface area contributed by atoms with Crippen molar-refractivity contribution >= 4 is 5.97 Å². The zero-order valence-electron chi connectivity index (χ0n) is 8.91. The van der Waals surface area contributed by atoms with Gasteiger partial charge in [-0.05, 0) is 38.8 Å². The van der Waals surface area contributed by atoms with E-state index in [1.54, 1.807) is 0 Å². The molecule has 0 bridgehead atoms. The largest absolute Gasteiger partial charge is 0.481 e. The Kier molecular flexibility index (Phi) is 2.70.